The highest BCUT2D eigenvalue weighted by atomic mass is 79.9. The van der Waals surface area contributed by atoms with Crippen molar-refractivity contribution in [2.75, 3.05) is 6.61 Å². The molecule has 0 atom stereocenters. The van der Waals surface area contributed by atoms with Gasteiger partial charge in [0.2, 0.25) is 0 Å². The summed E-state index contributed by atoms with van der Waals surface area (Å²) in [7, 11) is 0. The molecule has 2 aromatic carbocycles. The van der Waals surface area contributed by atoms with Gasteiger partial charge in [-0.25, -0.2) is 5.43 Å². The largest absolute Gasteiger partial charge is 0.484 e. The van der Waals surface area contributed by atoms with Gasteiger partial charge in [0, 0.05) is 4.47 Å². The molecule has 0 heterocycles. The molecule has 156 valence electrons. The van der Waals surface area contributed by atoms with Gasteiger partial charge in [0.05, 0.1) is 5.71 Å². The van der Waals surface area contributed by atoms with Gasteiger partial charge in [0.15, 0.2) is 6.61 Å². The second-order valence-corrected chi connectivity index (χ2v) is 10.1. The Balaban J connectivity index is 1.88. The zero-order valence-electron chi connectivity index (χ0n) is 18.2. The first-order chi connectivity index (χ1) is 13.5. The Bertz CT molecular complexity index is 848. The van der Waals surface area contributed by atoms with Crippen LogP contribution in [0.5, 0.6) is 5.75 Å². The molecule has 0 spiro atoms. The van der Waals surface area contributed by atoms with Crippen molar-refractivity contribution in [3.8, 4) is 5.75 Å². The van der Waals surface area contributed by atoms with Crippen molar-refractivity contribution in [1.82, 2.24) is 5.43 Å². The van der Waals surface area contributed by atoms with E-state index in [2.05, 4.69) is 73.2 Å². The van der Waals surface area contributed by atoms with Crippen LogP contribution in [0.1, 0.15) is 59.1 Å². The van der Waals surface area contributed by atoms with E-state index in [4.69, 9.17) is 4.74 Å². The van der Waals surface area contributed by atoms with Crippen molar-refractivity contribution >= 4 is 27.5 Å². The quantitative estimate of drug-likeness (QED) is 0.403. The first-order valence-corrected chi connectivity index (χ1v) is 10.6. The molecule has 2 aromatic rings. The number of carbonyl (C=O) groups is 1. The van der Waals surface area contributed by atoms with E-state index in [1.807, 2.05) is 43.3 Å². The second-order valence-electron chi connectivity index (χ2n) is 9.17. The Hall–Kier alpha value is -2.14. The van der Waals surface area contributed by atoms with Crippen LogP contribution in [0.25, 0.3) is 0 Å². The topological polar surface area (TPSA) is 50.7 Å². The third-order valence-corrected chi connectivity index (χ3v) is 5.12. The molecular weight excluding hydrogens is 428 g/mol. The molecule has 2 rings (SSSR count). The number of nitrogens with one attached hydrogen (secondary N) is 1. The van der Waals surface area contributed by atoms with Gasteiger partial charge in [-0.05, 0) is 59.6 Å². The van der Waals surface area contributed by atoms with Gasteiger partial charge in [-0.15, -0.1) is 0 Å². The Kier molecular flexibility index (Phi) is 7.64. The van der Waals surface area contributed by atoms with Crippen LogP contribution in [0, 0.1) is 5.41 Å². The standard InChI is InChI=1S/C24H31BrN2O2/c1-17(18-7-11-20(25)12-8-18)26-27-22(28)15-29-21-13-9-19(10-14-21)24(5,6)16-23(2,3)4/h7-14H,15-16H2,1-6H3,(H,27,28)/b26-17-. The van der Waals surface area contributed by atoms with E-state index in [0.717, 1.165) is 22.2 Å². The number of rotatable bonds is 7. The molecule has 4 nitrogen and oxygen atoms in total. The van der Waals surface area contributed by atoms with E-state index < -0.39 is 0 Å². The van der Waals surface area contributed by atoms with Crippen molar-refractivity contribution in [2.24, 2.45) is 10.5 Å². The Morgan fingerprint density at radius 1 is 1.00 bits per heavy atom. The lowest BCUT2D eigenvalue weighted by Gasteiger charge is -2.33. The van der Waals surface area contributed by atoms with E-state index in [9.17, 15) is 4.79 Å². The van der Waals surface area contributed by atoms with Crippen molar-refractivity contribution in [3.05, 3.63) is 64.1 Å². The lowest BCUT2D eigenvalue weighted by atomic mass is 9.72. The summed E-state index contributed by atoms with van der Waals surface area (Å²) in [5.74, 6) is 0.377. The first kappa shape index (κ1) is 23.1. The summed E-state index contributed by atoms with van der Waals surface area (Å²) in [6.07, 6.45) is 1.08. The maximum absolute atomic E-state index is 12.0. The van der Waals surface area contributed by atoms with E-state index in [0.29, 0.717) is 5.75 Å². The first-order valence-electron chi connectivity index (χ1n) is 9.79. The fourth-order valence-corrected chi connectivity index (χ4v) is 3.78. The lowest BCUT2D eigenvalue weighted by molar-refractivity contribution is -0.123. The van der Waals surface area contributed by atoms with Crippen LogP contribution < -0.4 is 10.2 Å². The summed E-state index contributed by atoms with van der Waals surface area (Å²) < 4.78 is 6.60. The summed E-state index contributed by atoms with van der Waals surface area (Å²) in [5, 5.41) is 4.14. The van der Waals surface area contributed by atoms with Crippen LogP contribution in [0.15, 0.2) is 58.1 Å². The normalized spacial score (nSPS) is 12.6. The average Bonchev–Trinajstić information content (AvgIpc) is 2.63. The number of carbonyl (C=O) groups excluding carboxylic acids is 1. The molecule has 0 radical (unpaired) electrons. The highest BCUT2D eigenvalue weighted by Crippen LogP contribution is 2.36. The van der Waals surface area contributed by atoms with Gasteiger partial charge >= 0.3 is 0 Å². The zero-order valence-corrected chi connectivity index (χ0v) is 19.8. The van der Waals surface area contributed by atoms with Gasteiger partial charge in [-0.3, -0.25) is 4.79 Å². The highest BCUT2D eigenvalue weighted by Gasteiger charge is 2.27. The molecule has 0 aliphatic heterocycles. The monoisotopic (exact) mass is 458 g/mol. The summed E-state index contributed by atoms with van der Waals surface area (Å²) in [6.45, 7) is 13.0. The van der Waals surface area contributed by atoms with Crippen LogP contribution in [0.4, 0.5) is 0 Å². The minimum atomic E-state index is -0.293. The van der Waals surface area contributed by atoms with Gasteiger partial charge in [0.1, 0.15) is 5.75 Å². The van der Waals surface area contributed by atoms with Crippen LogP contribution >= 0.6 is 15.9 Å². The molecule has 29 heavy (non-hydrogen) atoms. The molecule has 0 fully saturated rings. The SMILES string of the molecule is C/C(=N/NC(=O)COc1ccc(C(C)(C)CC(C)(C)C)cc1)c1ccc(Br)cc1. The number of hydrogen-bond donors (Lipinski definition) is 1. The van der Waals surface area contributed by atoms with E-state index in [1.165, 1.54) is 5.56 Å². The predicted molar refractivity (Wildman–Crippen MR) is 124 cm³/mol. The van der Waals surface area contributed by atoms with E-state index >= 15 is 0 Å². The number of ether oxygens (including phenoxy) is 1. The molecule has 0 bridgehead atoms. The number of hydrogen-bond acceptors (Lipinski definition) is 3. The van der Waals surface area contributed by atoms with E-state index in [1.54, 1.807) is 0 Å². The van der Waals surface area contributed by atoms with Crippen LogP contribution in [0.2, 0.25) is 0 Å². The fourth-order valence-electron chi connectivity index (χ4n) is 3.51. The molecule has 0 aliphatic rings. The molecule has 0 unspecified atom stereocenters. The van der Waals surface area contributed by atoms with E-state index in [-0.39, 0.29) is 23.3 Å². The molecule has 0 saturated heterocycles. The van der Waals surface area contributed by atoms with Crippen molar-refractivity contribution in [2.45, 2.75) is 53.4 Å². The van der Waals surface area contributed by atoms with Gasteiger partial charge in [-0.1, -0.05) is 74.8 Å². The van der Waals surface area contributed by atoms with Crippen molar-refractivity contribution in [1.29, 1.82) is 0 Å². The van der Waals surface area contributed by atoms with Crippen molar-refractivity contribution in [3.63, 3.8) is 0 Å². The molecule has 0 saturated carbocycles. The fraction of sp³-hybridized carbons (Fsp3) is 0.417. The molecule has 0 aromatic heterocycles. The number of nitrogens with zero attached hydrogens (tertiary/aromatic N) is 1. The van der Waals surface area contributed by atoms with Crippen molar-refractivity contribution < 1.29 is 9.53 Å². The molecule has 1 amide bonds. The number of halogens is 1. The highest BCUT2D eigenvalue weighted by molar-refractivity contribution is 9.10. The summed E-state index contributed by atoms with van der Waals surface area (Å²) in [6, 6.07) is 15.7. The third kappa shape index (κ3) is 7.65. The minimum absolute atomic E-state index is 0.0768. The zero-order chi connectivity index (χ0) is 21.7. The van der Waals surface area contributed by atoms with Crippen LogP contribution in [-0.4, -0.2) is 18.2 Å². The summed E-state index contributed by atoms with van der Waals surface area (Å²) in [5.41, 5.74) is 5.81. The average molecular weight is 459 g/mol. The lowest BCUT2D eigenvalue weighted by Crippen LogP contribution is -2.26. The Morgan fingerprint density at radius 2 is 1.59 bits per heavy atom. The second kappa shape index (κ2) is 9.57. The number of hydrazone groups is 1. The summed E-state index contributed by atoms with van der Waals surface area (Å²) in [4.78, 5) is 12.0. The summed E-state index contributed by atoms with van der Waals surface area (Å²) >= 11 is 3.40. The van der Waals surface area contributed by atoms with Crippen LogP contribution in [0.3, 0.4) is 0 Å². The minimum Gasteiger partial charge on any atom is -0.484 e. The number of benzene rings is 2. The molecule has 1 N–H and O–H groups in total. The van der Waals surface area contributed by atoms with Crippen LogP contribution in [-0.2, 0) is 10.2 Å². The molecule has 0 aliphatic carbocycles. The number of amides is 1. The Labute approximate surface area is 182 Å². The smallest absolute Gasteiger partial charge is 0.277 e. The van der Waals surface area contributed by atoms with Gasteiger partial charge in [0.25, 0.3) is 5.91 Å². The van der Waals surface area contributed by atoms with Gasteiger partial charge in [-0.2, -0.15) is 5.10 Å². The molecular formula is C24H31BrN2O2. The maximum Gasteiger partial charge on any atom is 0.277 e. The molecule has 5 heteroatoms. The Morgan fingerprint density at radius 3 is 2.14 bits per heavy atom. The predicted octanol–water partition coefficient (Wildman–Crippen LogP) is 6.08. The maximum atomic E-state index is 12.0. The van der Waals surface area contributed by atoms with Gasteiger partial charge < -0.3 is 4.74 Å². The third-order valence-electron chi connectivity index (χ3n) is 4.59.